The largest absolute Gasteiger partial charge is 0.416 e. The van der Waals surface area contributed by atoms with Gasteiger partial charge in [0.05, 0.1) is 10.9 Å². The number of nitrogens with two attached hydrogens (primary N) is 1. The highest BCUT2D eigenvalue weighted by Gasteiger charge is 2.30. The third kappa shape index (κ3) is 5.60. The molecule has 12 heteroatoms. The zero-order valence-corrected chi connectivity index (χ0v) is 16.5. The standard InChI is InChI=1S/C19H16F3N4O4P/c20-19(21,22)12-2-1-3-14(8-12)26-18(27)25-13-6-4-11(5-7-13)16-9-15(31(28,29)30)10-24-17(16)23/h1-10H,(H2,23,24)(H2,25,26,27)(H2,28,29,30). The van der Waals surface area contributed by atoms with E-state index in [1.165, 1.54) is 42.5 Å². The van der Waals surface area contributed by atoms with Gasteiger partial charge in [0.1, 0.15) is 5.82 Å². The Balaban J connectivity index is 1.73. The normalized spacial score (nSPS) is 11.8. The van der Waals surface area contributed by atoms with E-state index < -0.39 is 25.4 Å². The first-order valence-electron chi connectivity index (χ1n) is 8.61. The summed E-state index contributed by atoms with van der Waals surface area (Å²) < 4.78 is 49.7. The minimum absolute atomic E-state index is 0.0305. The van der Waals surface area contributed by atoms with Crippen LogP contribution in [0.1, 0.15) is 5.56 Å². The van der Waals surface area contributed by atoms with Crippen molar-refractivity contribution >= 4 is 36.1 Å². The average molecular weight is 452 g/mol. The van der Waals surface area contributed by atoms with Crippen LogP contribution in [0.5, 0.6) is 0 Å². The molecule has 0 atom stereocenters. The summed E-state index contributed by atoms with van der Waals surface area (Å²) in [6.07, 6.45) is -3.54. The third-order valence-electron chi connectivity index (χ3n) is 4.14. The molecule has 1 aromatic heterocycles. The summed E-state index contributed by atoms with van der Waals surface area (Å²) in [6, 6.07) is 10.7. The van der Waals surface area contributed by atoms with E-state index in [1.54, 1.807) is 0 Å². The lowest BCUT2D eigenvalue weighted by molar-refractivity contribution is -0.137. The van der Waals surface area contributed by atoms with Gasteiger partial charge in [-0.05, 0) is 42.0 Å². The molecule has 3 rings (SSSR count). The Morgan fingerprint density at radius 1 is 1.00 bits per heavy atom. The molecule has 2 aromatic carbocycles. The highest BCUT2D eigenvalue weighted by molar-refractivity contribution is 7.60. The molecule has 0 saturated carbocycles. The first kappa shape index (κ1) is 22.3. The van der Waals surface area contributed by atoms with Crippen LogP contribution in [0.15, 0.2) is 60.8 Å². The number of benzene rings is 2. The molecule has 0 aliphatic heterocycles. The van der Waals surface area contributed by atoms with E-state index >= 15 is 0 Å². The lowest BCUT2D eigenvalue weighted by Gasteiger charge is -2.12. The second-order valence-corrected chi connectivity index (χ2v) is 8.01. The molecular formula is C19H16F3N4O4P. The Morgan fingerprint density at radius 2 is 1.65 bits per heavy atom. The number of amides is 2. The topological polar surface area (TPSA) is 138 Å². The van der Waals surface area contributed by atoms with Crippen LogP contribution in [0.4, 0.5) is 35.2 Å². The van der Waals surface area contributed by atoms with E-state index in [0.29, 0.717) is 16.8 Å². The predicted molar refractivity (Wildman–Crippen MR) is 110 cm³/mol. The summed E-state index contributed by atoms with van der Waals surface area (Å²) in [7, 11) is -4.52. The van der Waals surface area contributed by atoms with Gasteiger partial charge in [0, 0.05) is 23.1 Å². The maximum atomic E-state index is 12.8. The highest BCUT2D eigenvalue weighted by Crippen LogP contribution is 2.35. The van der Waals surface area contributed by atoms with Crippen molar-refractivity contribution in [2.45, 2.75) is 6.18 Å². The summed E-state index contributed by atoms with van der Waals surface area (Å²) >= 11 is 0. The summed E-state index contributed by atoms with van der Waals surface area (Å²) in [6.45, 7) is 0. The molecule has 0 radical (unpaired) electrons. The van der Waals surface area contributed by atoms with Crippen molar-refractivity contribution in [3.05, 3.63) is 66.4 Å². The molecule has 0 aliphatic rings. The molecule has 0 bridgehead atoms. The van der Waals surface area contributed by atoms with Crippen LogP contribution >= 0.6 is 7.60 Å². The molecule has 0 aliphatic carbocycles. The smallest absolute Gasteiger partial charge is 0.383 e. The van der Waals surface area contributed by atoms with E-state index in [-0.39, 0.29) is 16.8 Å². The number of nitrogens with one attached hydrogen (secondary N) is 2. The Kier molecular flexibility index (Phi) is 6.03. The van der Waals surface area contributed by atoms with Gasteiger partial charge in [-0.2, -0.15) is 13.2 Å². The van der Waals surface area contributed by atoms with Gasteiger partial charge in [-0.25, -0.2) is 9.78 Å². The predicted octanol–water partition coefficient (Wildman–Crippen LogP) is 3.80. The van der Waals surface area contributed by atoms with Crippen molar-refractivity contribution in [1.82, 2.24) is 4.98 Å². The number of anilines is 3. The zero-order chi connectivity index (χ0) is 22.8. The molecule has 1 heterocycles. The van der Waals surface area contributed by atoms with Crippen molar-refractivity contribution in [2.75, 3.05) is 16.4 Å². The number of hydrogen-bond acceptors (Lipinski definition) is 4. The molecule has 31 heavy (non-hydrogen) atoms. The second-order valence-electron chi connectivity index (χ2n) is 6.41. The number of halogens is 3. The van der Waals surface area contributed by atoms with Gasteiger partial charge in [-0.3, -0.25) is 4.57 Å². The van der Waals surface area contributed by atoms with Gasteiger partial charge in [0.2, 0.25) is 0 Å². The number of carbonyl (C=O) groups excluding carboxylic acids is 1. The highest BCUT2D eigenvalue weighted by atomic mass is 31.2. The molecule has 8 nitrogen and oxygen atoms in total. The zero-order valence-electron chi connectivity index (χ0n) is 15.6. The van der Waals surface area contributed by atoms with Gasteiger partial charge >= 0.3 is 19.8 Å². The number of nitrogen functional groups attached to an aromatic ring is 1. The quantitative estimate of drug-likeness (QED) is 0.382. The van der Waals surface area contributed by atoms with E-state index in [4.69, 9.17) is 5.73 Å². The minimum Gasteiger partial charge on any atom is -0.383 e. The van der Waals surface area contributed by atoms with E-state index in [1.807, 2.05) is 0 Å². The molecule has 2 amide bonds. The van der Waals surface area contributed by atoms with E-state index in [0.717, 1.165) is 18.3 Å². The number of alkyl halides is 3. The maximum Gasteiger partial charge on any atom is 0.416 e. The van der Waals surface area contributed by atoms with Gasteiger partial charge in [-0.15, -0.1) is 0 Å². The maximum absolute atomic E-state index is 12.8. The number of hydrogen-bond donors (Lipinski definition) is 5. The molecule has 0 fully saturated rings. The van der Waals surface area contributed by atoms with Crippen molar-refractivity contribution in [2.24, 2.45) is 0 Å². The molecule has 3 aromatic rings. The fourth-order valence-corrected chi connectivity index (χ4v) is 3.16. The van der Waals surface area contributed by atoms with Crippen LogP contribution in [0.25, 0.3) is 11.1 Å². The number of nitrogens with zero attached hydrogens (tertiary/aromatic N) is 1. The first-order valence-corrected chi connectivity index (χ1v) is 10.2. The SMILES string of the molecule is Nc1ncc(P(=O)(O)O)cc1-c1ccc(NC(=O)Nc2cccc(C(F)(F)F)c2)cc1. The van der Waals surface area contributed by atoms with Gasteiger partial charge in [-0.1, -0.05) is 18.2 Å². The van der Waals surface area contributed by atoms with Gasteiger partial charge < -0.3 is 26.2 Å². The molecule has 0 spiro atoms. The lowest BCUT2D eigenvalue weighted by atomic mass is 10.1. The van der Waals surface area contributed by atoms with Crippen molar-refractivity contribution in [3.63, 3.8) is 0 Å². The number of urea groups is 1. The molecule has 0 saturated heterocycles. The summed E-state index contributed by atoms with van der Waals surface area (Å²) in [5.74, 6) is 0.0557. The minimum atomic E-state index is -4.53. The monoisotopic (exact) mass is 452 g/mol. The number of carbonyl (C=O) groups is 1. The van der Waals surface area contributed by atoms with Crippen LogP contribution in [-0.2, 0) is 10.7 Å². The Hall–Kier alpha value is -3.40. The lowest BCUT2D eigenvalue weighted by Crippen LogP contribution is -2.19. The number of aromatic nitrogens is 1. The Labute approximate surface area is 174 Å². The molecule has 162 valence electrons. The first-order chi connectivity index (χ1) is 14.4. The van der Waals surface area contributed by atoms with Crippen LogP contribution in [0.2, 0.25) is 0 Å². The van der Waals surface area contributed by atoms with Crippen LogP contribution < -0.4 is 21.7 Å². The number of rotatable bonds is 4. The average Bonchev–Trinajstić information content (AvgIpc) is 2.67. The van der Waals surface area contributed by atoms with Crippen molar-refractivity contribution < 1.29 is 32.3 Å². The fourth-order valence-electron chi connectivity index (χ4n) is 2.65. The van der Waals surface area contributed by atoms with Crippen LogP contribution in [0, 0.1) is 0 Å². The Morgan fingerprint density at radius 3 is 2.26 bits per heavy atom. The van der Waals surface area contributed by atoms with Gasteiger partial charge in [0.25, 0.3) is 0 Å². The third-order valence-corrected chi connectivity index (χ3v) is 5.06. The van der Waals surface area contributed by atoms with Crippen LogP contribution in [0.3, 0.4) is 0 Å². The summed E-state index contributed by atoms with van der Waals surface area (Å²) in [5.41, 5.74) is 5.97. The van der Waals surface area contributed by atoms with E-state index in [9.17, 15) is 32.3 Å². The summed E-state index contributed by atoms with van der Waals surface area (Å²) in [4.78, 5) is 34.5. The number of pyridine rings is 1. The summed E-state index contributed by atoms with van der Waals surface area (Å²) in [5, 5.41) is 4.50. The van der Waals surface area contributed by atoms with Gasteiger partial charge in [0.15, 0.2) is 0 Å². The molecule has 6 N–H and O–H groups in total. The van der Waals surface area contributed by atoms with Crippen molar-refractivity contribution in [3.8, 4) is 11.1 Å². The molecule has 0 unspecified atom stereocenters. The fraction of sp³-hybridized carbons (Fsp3) is 0.0526. The molecular weight excluding hydrogens is 436 g/mol. The van der Waals surface area contributed by atoms with Crippen LogP contribution in [-0.4, -0.2) is 20.8 Å². The van der Waals surface area contributed by atoms with Crippen molar-refractivity contribution in [1.29, 1.82) is 0 Å². The Bertz CT molecular complexity index is 1160. The second kappa shape index (κ2) is 8.38. The van der Waals surface area contributed by atoms with E-state index in [2.05, 4.69) is 15.6 Å².